The summed E-state index contributed by atoms with van der Waals surface area (Å²) < 4.78 is 4.66. The van der Waals surface area contributed by atoms with E-state index in [-0.39, 0.29) is 5.97 Å². The second-order valence-electron chi connectivity index (χ2n) is 5.28. The molecule has 4 nitrogen and oxygen atoms in total. The van der Waals surface area contributed by atoms with Crippen LogP contribution in [0.2, 0.25) is 0 Å². The van der Waals surface area contributed by atoms with Crippen LogP contribution in [0.25, 0.3) is 11.3 Å². The third kappa shape index (κ3) is 4.05. The van der Waals surface area contributed by atoms with Crippen molar-refractivity contribution < 1.29 is 9.53 Å². The fourth-order valence-corrected chi connectivity index (χ4v) is 1.88. The summed E-state index contributed by atoms with van der Waals surface area (Å²) in [5, 5.41) is 3.37. The molecule has 0 amide bonds. The number of carbonyl (C=O) groups excluding carboxylic acids is 1. The Morgan fingerprint density at radius 1 is 1.19 bits per heavy atom. The first-order chi connectivity index (χ1) is 10.1. The Morgan fingerprint density at radius 3 is 2.43 bits per heavy atom. The smallest absolute Gasteiger partial charge is 0.339 e. The summed E-state index contributed by atoms with van der Waals surface area (Å²) in [6.07, 6.45) is 1.53. The fourth-order valence-electron chi connectivity index (χ4n) is 1.88. The van der Waals surface area contributed by atoms with E-state index in [2.05, 4.69) is 28.9 Å². The highest BCUT2D eigenvalue weighted by Gasteiger charge is 2.06. The van der Waals surface area contributed by atoms with E-state index >= 15 is 0 Å². The number of pyridine rings is 1. The van der Waals surface area contributed by atoms with Crippen LogP contribution in [0, 0.1) is 5.92 Å². The largest absolute Gasteiger partial charge is 0.465 e. The van der Waals surface area contributed by atoms with Gasteiger partial charge in [-0.2, -0.15) is 0 Å². The van der Waals surface area contributed by atoms with E-state index in [1.807, 2.05) is 30.3 Å². The van der Waals surface area contributed by atoms with Crippen molar-refractivity contribution in [1.82, 2.24) is 4.98 Å². The van der Waals surface area contributed by atoms with Crippen molar-refractivity contribution in [2.45, 2.75) is 13.8 Å². The van der Waals surface area contributed by atoms with Gasteiger partial charge < -0.3 is 10.1 Å². The number of nitrogens with one attached hydrogen (secondary N) is 1. The molecule has 0 spiro atoms. The zero-order valence-electron chi connectivity index (χ0n) is 12.6. The second kappa shape index (κ2) is 6.88. The highest BCUT2D eigenvalue weighted by Crippen LogP contribution is 2.20. The van der Waals surface area contributed by atoms with Crippen LogP contribution in [-0.2, 0) is 4.74 Å². The van der Waals surface area contributed by atoms with Crippen LogP contribution in [0.4, 0.5) is 5.69 Å². The highest BCUT2D eigenvalue weighted by molar-refractivity contribution is 5.89. The topological polar surface area (TPSA) is 51.2 Å². The highest BCUT2D eigenvalue weighted by atomic mass is 16.5. The molecule has 1 aromatic carbocycles. The number of esters is 1. The molecule has 0 atom stereocenters. The summed E-state index contributed by atoms with van der Waals surface area (Å²) in [6.45, 7) is 5.30. The van der Waals surface area contributed by atoms with Crippen LogP contribution in [0.15, 0.2) is 42.6 Å². The van der Waals surface area contributed by atoms with E-state index in [9.17, 15) is 4.79 Å². The van der Waals surface area contributed by atoms with Gasteiger partial charge in [-0.1, -0.05) is 26.0 Å². The van der Waals surface area contributed by atoms with Gasteiger partial charge in [-0.3, -0.25) is 4.98 Å². The minimum absolute atomic E-state index is 0.373. The molecule has 0 aliphatic rings. The van der Waals surface area contributed by atoms with Gasteiger partial charge in [0.15, 0.2) is 0 Å². The Morgan fingerprint density at radius 2 is 1.90 bits per heavy atom. The van der Waals surface area contributed by atoms with Crippen LogP contribution in [0.1, 0.15) is 24.2 Å². The van der Waals surface area contributed by atoms with Gasteiger partial charge in [0, 0.05) is 24.0 Å². The lowest BCUT2D eigenvalue weighted by Gasteiger charge is -2.09. The normalized spacial score (nSPS) is 10.5. The molecular weight excluding hydrogens is 264 g/mol. The molecule has 0 saturated heterocycles. The molecule has 1 N–H and O–H groups in total. The van der Waals surface area contributed by atoms with Gasteiger partial charge in [0.2, 0.25) is 0 Å². The molecule has 110 valence electrons. The monoisotopic (exact) mass is 284 g/mol. The first-order valence-electron chi connectivity index (χ1n) is 6.99. The second-order valence-corrected chi connectivity index (χ2v) is 5.28. The molecule has 2 rings (SSSR count). The SMILES string of the molecule is COC(=O)c1ccc(-c2ccc(NCC(C)C)cc2)nc1. The van der Waals surface area contributed by atoms with E-state index in [1.165, 1.54) is 13.3 Å². The third-order valence-corrected chi connectivity index (χ3v) is 3.08. The van der Waals surface area contributed by atoms with Crippen LogP contribution in [0.3, 0.4) is 0 Å². The summed E-state index contributed by atoms with van der Waals surface area (Å²) in [7, 11) is 1.36. The molecule has 0 bridgehead atoms. The zero-order chi connectivity index (χ0) is 15.2. The standard InChI is InChI=1S/C17H20N2O2/c1-12(2)10-18-15-7-4-13(5-8-15)16-9-6-14(11-19-16)17(20)21-3/h4-9,11-12,18H,10H2,1-3H3. The van der Waals surface area contributed by atoms with Crippen LogP contribution < -0.4 is 5.32 Å². The van der Waals surface area contributed by atoms with Gasteiger partial charge in [0.25, 0.3) is 0 Å². The first kappa shape index (κ1) is 15.0. The summed E-state index contributed by atoms with van der Waals surface area (Å²) in [4.78, 5) is 15.7. The molecule has 4 heteroatoms. The molecule has 0 radical (unpaired) electrons. The summed E-state index contributed by atoms with van der Waals surface area (Å²) in [5.74, 6) is 0.236. The van der Waals surface area contributed by atoms with E-state index in [0.717, 1.165) is 23.5 Å². The van der Waals surface area contributed by atoms with E-state index in [1.54, 1.807) is 6.07 Å². The first-order valence-corrected chi connectivity index (χ1v) is 6.99. The molecule has 21 heavy (non-hydrogen) atoms. The van der Waals surface area contributed by atoms with Crippen molar-refractivity contribution in [1.29, 1.82) is 0 Å². The predicted molar refractivity (Wildman–Crippen MR) is 84.3 cm³/mol. The van der Waals surface area contributed by atoms with Gasteiger partial charge in [0.1, 0.15) is 0 Å². The van der Waals surface area contributed by atoms with Gasteiger partial charge in [0.05, 0.1) is 18.4 Å². The number of anilines is 1. The average molecular weight is 284 g/mol. The van der Waals surface area contributed by atoms with Gasteiger partial charge in [-0.15, -0.1) is 0 Å². The average Bonchev–Trinajstić information content (AvgIpc) is 2.53. The lowest BCUT2D eigenvalue weighted by Crippen LogP contribution is -2.07. The van der Waals surface area contributed by atoms with Gasteiger partial charge >= 0.3 is 5.97 Å². The van der Waals surface area contributed by atoms with Crippen LogP contribution in [-0.4, -0.2) is 24.6 Å². The minimum Gasteiger partial charge on any atom is -0.465 e. The van der Waals surface area contributed by atoms with Crippen molar-refractivity contribution in [3.8, 4) is 11.3 Å². The Hall–Kier alpha value is -2.36. The number of nitrogens with zero attached hydrogens (tertiary/aromatic N) is 1. The lowest BCUT2D eigenvalue weighted by molar-refractivity contribution is 0.0600. The van der Waals surface area contributed by atoms with E-state index < -0.39 is 0 Å². The summed E-state index contributed by atoms with van der Waals surface area (Å²) in [6, 6.07) is 11.6. The maximum atomic E-state index is 11.4. The predicted octanol–water partition coefficient (Wildman–Crippen LogP) is 3.60. The molecule has 0 aliphatic heterocycles. The Kier molecular flexibility index (Phi) is 4.93. The summed E-state index contributed by atoms with van der Waals surface area (Å²) >= 11 is 0. The quantitative estimate of drug-likeness (QED) is 0.852. The molecule has 0 saturated carbocycles. The molecule has 0 unspecified atom stereocenters. The van der Waals surface area contributed by atoms with Gasteiger partial charge in [-0.25, -0.2) is 4.79 Å². The number of aromatic nitrogens is 1. The molecule has 0 aliphatic carbocycles. The number of methoxy groups -OCH3 is 1. The van der Waals surface area contributed by atoms with Crippen molar-refractivity contribution in [3.05, 3.63) is 48.2 Å². The minimum atomic E-state index is -0.373. The third-order valence-electron chi connectivity index (χ3n) is 3.08. The maximum absolute atomic E-state index is 11.4. The molecular formula is C17H20N2O2. The number of carbonyl (C=O) groups is 1. The van der Waals surface area contributed by atoms with Crippen LogP contribution >= 0.6 is 0 Å². The van der Waals surface area contributed by atoms with Crippen LogP contribution in [0.5, 0.6) is 0 Å². The van der Waals surface area contributed by atoms with Crippen molar-refractivity contribution >= 4 is 11.7 Å². The Balaban J connectivity index is 2.09. The number of benzene rings is 1. The van der Waals surface area contributed by atoms with Gasteiger partial charge in [-0.05, 0) is 30.2 Å². The maximum Gasteiger partial charge on any atom is 0.339 e. The lowest BCUT2D eigenvalue weighted by atomic mass is 10.1. The van der Waals surface area contributed by atoms with E-state index in [0.29, 0.717) is 11.5 Å². The van der Waals surface area contributed by atoms with E-state index in [4.69, 9.17) is 0 Å². The molecule has 0 fully saturated rings. The number of ether oxygens (including phenoxy) is 1. The fraction of sp³-hybridized carbons (Fsp3) is 0.294. The Labute approximate surface area is 125 Å². The molecule has 1 aromatic heterocycles. The van der Waals surface area contributed by atoms with Crippen molar-refractivity contribution in [2.24, 2.45) is 5.92 Å². The number of rotatable bonds is 5. The van der Waals surface area contributed by atoms with Crippen molar-refractivity contribution in [2.75, 3.05) is 19.0 Å². The molecule has 2 aromatic rings. The number of hydrogen-bond acceptors (Lipinski definition) is 4. The Bertz CT molecular complexity index is 589. The van der Waals surface area contributed by atoms with Crippen molar-refractivity contribution in [3.63, 3.8) is 0 Å². The number of hydrogen-bond donors (Lipinski definition) is 1. The zero-order valence-corrected chi connectivity index (χ0v) is 12.6. The molecule has 1 heterocycles. The summed E-state index contributed by atoms with van der Waals surface area (Å²) in [5.41, 5.74) is 3.40.